The molecule has 3 atom stereocenters. The van der Waals surface area contributed by atoms with Crippen LogP contribution in [0.4, 0.5) is 0 Å². The van der Waals surface area contributed by atoms with Crippen LogP contribution in [-0.2, 0) is 14.3 Å². The zero-order valence-electron chi connectivity index (χ0n) is 10.6. The van der Waals surface area contributed by atoms with Crippen LogP contribution in [-0.4, -0.2) is 36.7 Å². The quantitative estimate of drug-likeness (QED) is 0.786. The average molecular weight is 255 g/mol. The Kier molecular flexibility index (Phi) is 4.58. The van der Waals surface area contributed by atoms with Crippen LogP contribution in [0.1, 0.15) is 32.1 Å². The Morgan fingerprint density at radius 2 is 2.00 bits per heavy atom. The molecule has 5 nitrogen and oxygen atoms in total. The molecule has 3 unspecified atom stereocenters. The summed E-state index contributed by atoms with van der Waals surface area (Å²) in [6.07, 6.45) is 3.97. The molecule has 2 aliphatic rings. The van der Waals surface area contributed by atoms with E-state index in [2.05, 4.69) is 5.32 Å². The molecule has 0 aromatic rings. The molecule has 1 amide bonds. The third-order valence-corrected chi connectivity index (χ3v) is 3.97. The SMILES string of the molecule is O=C(O)C1CCC(C(=O)NCC2CCCOC2)C1. The first-order chi connectivity index (χ1) is 8.66. The van der Waals surface area contributed by atoms with Crippen LogP contribution >= 0.6 is 0 Å². The molecule has 2 N–H and O–H groups in total. The summed E-state index contributed by atoms with van der Waals surface area (Å²) in [6, 6.07) is 0. The van der Waals surface area contributed by atoms with Crippen molar-refractivity contribution < 1.29 is 19.4 Å². The highest BCUT2D eigenvalue weighted by molar-refractivity contribution is 5.80. The summed E-state index contributed by atoms with van der Waals surface area (Å²) in [4.78, 5) is 22.7. The van der Waals surface area contributed by atoms with Gasteiger partial charge in [-0.05, 0) is 38.0 Å². The molecule has 18 heavy (non-hydrogen) atoms. The molecule has 0 spiro atoms. The lowest BCUT2D eigenvalue weighted by molar-refractivity contribution is -0.141. The molecule has 0 aromatic heterocycles. The normalized spacial score (nSPS) is 32.1. The standard InChI is InChI=1S/C13H21NO4/c15-12(10-3-4-11(6-10)13(16)17)14-7-9-2-1-5-18-8-9/h9-11H,1-8H2,(H,14,15)(H,16,17). The van der Waals surface area contributed by atoms with Crippen LogP contribution in [0, 0.1) is 17.8 Å². The van der Waals surface area contributed by atoms with Gasteiger partial charge in [-0.15, -0.1) is 0 Å². The molecule has 1 saturated heterocycles. The fourth-order valence-electron chi connectivity index (χ4n) is 2.80. The van der Waals surface area contributed by atoms with Crippen molar-refractivity contribution in [2.24, 2.45) is 17.8 Å². The van der Waals surface area contributed by atoms with E-state index < -0.39 is 5.97 Å². The number of carbonyl (C=O) groups is 2. The van der Waals surface area contributed by atoms with Gasteiger partial charge in [0.25, 0.3) is 0 Å². The smallest absolute Gasteiger partial charge is 0.306 e. The number of nitrogens with one attached hydrogen (secondary N) is 1. The summed E-state index contributed by atoms with van der Waals surface area (Å²) in [5.41, 5.74) is 0. The van der Waals surface area contributed by atoms with Crippen molar-refractivity contribution in [3.63, 3.8) is 0 Å². The Balaban J connectivity index is 1.70. The Bertz CT molecular complexity index is 312. The first kappa shape index (κ1) is 13.3. The number of hydrogen-bond acceptors (Lipinski definition) is 3. The Labute approximate surface area is 107 Å². The van der Waals surface area contributed by atoms with Crippen LogP contribution in [0.2, 0.25) is 0 Å². The van der Waals surface area contributed by atoms with Crippen LogP contribution in [0.15, 0.2) is 0 Å². The predicted molar refractivity (Wildman–Crippen MR) is 65.0 cm³/mol. The van der Waals surface area contributed by atoms with Gasteiger partial charge >= 0.3 is 5.97 Å². The van der Waals surface area contributed by atoms with Crippen molar-refractivity contribution in [2.45, 2.75) is 32.1 Å². The minimum atomic E-state index is -0.772. The van der Waals surface area contributed by atoms with Gasteiger partial charge in [0.05, 0.1) is 12.5 Å². The third-order valence-electron chi connectivity index (χ3n) is 3.97. The summed E-state index contributed by atoms with van der Waals surface area (Å²) in [5.74, 6) is -0.788. The lowest BCUT2D eigenvalue weighted by Crippen LogP contribution is -2.36. The van der Waals surface area contributed by atoms with Gasteiger partial charge in [0.1, 0.15) is 0 Å². The van der Waals surface area contributed by atoms with E-state index in [1.54, 1.807) is 0 Å². The molecular formula is C13H21NO4. The van der Waals surface area contributed by atoms with Crippen molar-refractivity contribution in [1.82, 2.24) is 5.32 Å². The third kappa shape index (κ3) is 3.45. The number of carboxylic acids is 1. The number of hydrogen-bond donors (Lipinski definition) is 2. The molecule has 0 aromatic carbocycles. The largest absolute Gasteiger partial charge is 0.481 e. The Morgan fingerprint density at radius 3 is 2.61 bits per heavy atom. The second kappa shape index (κ2) is 6.18. The first-order valence-corrected chi connectivity index (χ1v) is 6.75. The van der Waals surface area contributed by atoms with Gasteiger partial charge in [-0.25, -0.2) is 0 Å². The summed E-state index contributed by atoms with van der Waals surface area (Å²) >= 11 is 0. The molecule has 1 aliphatic carbocycles. The van der Waals surface area contributed by atoms with E-state index in [1.807, 2.05) is 0 Å². The van der Waals surface area contributed by atoms with Crippen LogP contribution < -0.4 is 5.32 Å². The second-order valence-electron chi connectivity index (χ2n) is 5.37. The maximum absolute atomic E-state index is 11.9. The van der Waals surface area contributed by atoms with Gasteiger partial charge in [-0.3, -0.25) is 9.59 Å². The Hall–Kier alpha value is -1.10. The summed E-state index contributed by atoms with van der Waals surface area (Å²) in [5, 5.41) is 11.8. The van der Waals surface area contributed by atoms with E-state index in [4.69, 9.17) is 9.84 Å². The molecule has 1 heterocycles. The van der Waals surface area contributed by atoms with Gasteiger partial charge in [-0.2, -0.15) is 0 Å². The van der Waals surface area contributed by atoms with E-state index in [9.17, 15) is 9.59 Å². The highest BCUT2D eigenvalue weighted by Crippen LogP contribution is 2.31. The van der Waals surface area contributed by atoms with Crippen molar-refractivity contribution in [3.05, 3.63) is 0 Å². The van der Waals surface area contributed by atoms with Crippen molar-refractivity contribution in [1.29, 1.82) is 0 Å². The maximum atomic E-state index is 11.9. The van der Waals surface area contributed by atoms with Gasteiger partial charge in [0, 0.05) is 19.1 Å². The van der Waals surface area contributed by atoms with Gasteiger partial charge in [0.2, 0.25) is 5.91 Å². The van der Waals surface area contributed by atoms with E-state index in [-0.39, 0.29) is 17.7 Å². The van der Waals surface area contributed by atoms with Gasteiger partial charge in [0.15, 0.2) is 0 Å². The molecule has 1 saturated carbocycles. The van der Waals surface area contributed by atoms with Gasteiger partial charge < -0.3 is 15.2 Å². The number of amides is 1. The molecule has 2 fully saturated rings. The summed E-state index contributed by atoms with van der Waals surface area (Å²) in [6.45, 7) is 2.21. The predicted octanol–water partition coefficient (Wildman–Crippen LogP) is 1.03. The summed E-state index contributed by atoms with van der Waals surface area (Å²) < 4.78 is 5.36. The topological polar surface area (TPSA) is 75.6 Å². The van der Waals surface area contributed by atoms with Crippen molar-refractivity contribution >= 4 is 11.9 Å². The maximum Gasteiger partial charge on any atom is 0.306 e. The fraction of sp³-hybridized carbons (Fsp3) is 0.846. The summed E-state index contributed by atoms with van der Waals surface area (Å²) in [7, 11) is 0. The molecule has 5 heteroatoms. The van der Waals surface area contributed by atoms with Crippen LogP contribution in [0.5, 0.6) is 0 Å². The number of aliphatic carboxylic acids is 1. The minimum absolute atomic E-state index is 0.0179. The molecule has 0 bridgehead atoms. The van der Waals surface area contributed by atoms with Crippen LogP contribution in [0.3, 0.4) is 0 Å². The average Bonchev–Trinajstić information content (AvgIpc) is 2.87. The van der Waals surface area contributed by atoms with E-state index in [0.29, 0.717) is 31.7 Å². The van der Waals surface area contributed by atoms with Gasteiger partial charge in [-0.1, -0.05) is 0 Å². The van der Waals surface area contributed by atoms with Crippen molar-refractivity contribution in [3.8, 4) is 0 Å². The molecule has 1 aliphatic heterocycles. The molecular weight excluding hydrogens is 234 g/mol. The zero-order chi connectivity index (χ0) is 13.0. The molecule has 102 valence electrons. The lowest BCUT2D eigenvalue weighted by atomic mass is 10.0. The first-order valence-electron chi connectivity index (χ1n) is 6.75. The van der Waals surface area contributed by atoms with E-state index in [0.717, 1.165) is 26.1 Å². The lowest BCUT2D eigenvalue weighted by Gasteiger charge is -2.23. The van der Waals surface area contributed by atoms with E-state index in [1.165, 1.54) is 0 Å². The number of carbonyl (C=O) groups excluding carboxylic acids is 1. The number of ether oxygens (including phenoxy) is 1. The monoisotopic (exact) mass is 255 g/mol. The zero-order valence-corrected chi connectivity index (χ0v) is 10.6. The van der Waals surface area contributed by atoms with E-state index >= 15 is 0 Å². The number of carboxylic acid groups (broad SMARTS) is 1. The highest BCUT2D eigenvalue weighted by Gasteiger charge is 2.33. The minimum Gasteiger partial charge on any atom is -0.481 e. The molecule has 0 radical (unpaired) electrons. The number of rotatable bonds is 4. The van der Waals surface area contributed by atoms with Crippen molar-refractivity contribution in [2.75, 3.05) is 19.8 Å². The van der Waals surface area contributed by atoms with Crippen LogP contribution in [0.25, 0.3) is 0 Å². The fourth-order valence-corrected chi connectivity index (χ4v) is 2.80. The second-order valence-corrected chi connectivity index (χ2v) is 5.37. The Morgan fingerprint density at radius 1 is 1.22 bits per heavy atom. The molecule has 2 rings (SSSR count). The highest BCUT2D eigenvalue weighted by atomic mass is 16.5.